The largest absolute Gasteiger partial charge is 0.396 e. The molecule has 2 rings (SSSR count). The Balaban J connectivity index is 2.28. The van der Waals surface area contributed by atoms with Crippen molar-refractivity contribution in [2.45, 2.75) is 0 Å². The van der Waals surface area contributed by atoms with Gasteiger partial charge in [0.05, 0.1) is 15.7 Å². The van der Waals surface area contributed by atoms with Gasteiger partial charge in [-0.2, -0.15) is 0 Å². The van der Waals surface area contributed by atoms with Crippen LogP contribution in [0.4, 0.5) is 15.9 Å². The standard InChI is InChI=1S/C12H9BrFN3O/c13-10-7(3-1-4-8(10)14)12(18)17-11-9(15)5-2-6-16-11/h1-6H,15H2,(H,16,17,18). The molecular formula is C12H9BrFN3O. The first-order valence-electron chi connectivity index (χ1n) is 5.05. The maximum Gasteiger partial charge on any atom is 0.258 e. The Hall–Kier alpha value is -1.95. The molecule has 1 heterocycles. The van der Waals surface area contributed by atoms with E-state index < -0.39 is 11.7 Å². The van der Waals surface area contributed by atoms with Crippen LogP contribution in [0.1, 0.15) is 10.4 Å². The predicted molar refractivity (Wildman–Crippen MR) is 70.7 cm³/mol. The molecule has 1 aromatic carbocycles. The van der Waals surface area contributed by atoms with Gasteiger partial charge in [0.2, 0.25) is 0 Å². The summed E-state index contributed by atoms with van der Waals surface area (Å²) in [4.78, 5) is 15.9. The summed E-state index contributed by atoms with van der Waals surface area (Å²) in [5.74, 6) is -0.734. The molecule has 1 aromatic heterocycles. The topological polar surface area (TPSA) is 68.0 Å². The number of rotatable bonds is 2. The van der Waals surface area contributed by atoms with Gasteiger partial charge in [-0.15, -0.1) is 0 Å². The number of anilines is 2. The number of hydrogen-bond donors (Lipinski definition) is 2. The minimum atomic E-state index is -0.503. The number of halogens is 2. The number of benzene rings is 1. The van der Waals surface area contributed by atoms with E-state index in [2.05, 4.69) is 26.2 Å². The van der Waals surface area contributed by atoms with Crippen molar-refractivity contribution >= 4 is 33.3 Å². The zero-order valence-corrected chi connectivity index (χ0v) is 10.7. The number of amides is 1. The van der Waals surface area contributed by atoms with Crippen molar-refractivity contribution in [1.82, 2.24) is 4.98 Å². The van der Waals surface area contributed by atoms with Gasteiger partial charge in [0, 0.05) is 6.20 Å². The van der Waals surface area contributed by atoms with Crippen LogP contribution in [0.5, 0.6) is 0 Å². The zero-order chi connectivity index (χ0) is 13.1. The second-order valence-corrected chi connectivity index (χ2v) is 4.29. The average Bonchev–Trinajstić information content (AvgIpc) is 2.35. The van der Waals surface area contributed by atoms with Crippen LogP contribution in [-0.4, -0.2) is 10.9 Å². The van der Waals surface area contributed by atoms with Crippen LogP contribution < -0.4 is 11.1 Å². The van der Waals surface area contributed by atoms with Gasteiger partial charge in [0.1, 0.15) is 5.82 Å². The summed E-state index contributed by atoms with van der Waals surface area (Å²) in [6.45, 7) is 0. The van der Waals surface area contributed by atoms with Crippen molar-refractivity contribution in [1.29, 1.82) is 0 Å². The Morgan fingerprint density at radius 1 is 1.33 bits per heavy atom. The molecule has 0 saturated carbocycles. The molecule has 0 aliphatic carbocycles. The Morgan fingerprint density at radius 2 is 2.11 bits per heavy atom. The van der Waals surface area contributed by atoms with E-state index >= 15 is 0 Å². The molecule has 2 aromatic rings. The number of hydrogen-bond acceptors (Lipinski definition) is 3. The quantitative estimate of drug-likeness (QED) is 0.896. The SMILES string of the molecule is Nc1cccnc1NC(=O)c1cccc(F)c1Br. The second-order valence-electron chi connectivity index (χ2n) is 3.50. The number of nitrogens with zero attached hydrogens (tertiary/aromatic N) is 1. The molecule has 1 amide bonds. The maximum absolute atomic E-state index is 13.3. The number of nitrogens with one attached hydrogen (secondary N) is 1. The molecule has 3 N–H and O–H groups in total. The first kappa shape index (κ1) is 12.5. The second kappa shape index (κ2) is 5.14. The molecule has 18 heavy (non-hydrogen) atoms. The van der Waals surface area contributed by atoms with E-state index in [0.29, 0.717) is 5.69 Å². The number of carbonyl (C=O) groups is 1. The van der Waals surface area contributed by atoms with Crippen LogP contribution in [0.15, 0.2) is 41.0 Å². The van der Waals surface area contributed by atoms with Crippen LogP contribution in [0.2, 0.25) is 0 Å². The minimum Gasteiger partial charge on any atom is -0.396 e. The summed E-state index contributed by atoms with van der Waals surface area (Å²) in [5.41, 5.74) is 6.18. The van der Waals surface area contributed by atoms with Crippen LogP contribution >= 0.6 is 15.9 Å². The van der Waals surface area contributed by atoms with Gasteiger partial charge in [-0.3, -0.25) is 4.79 Å². The molecule has 4 nitrogen and oxygen atoms in total. The molecule has 0 aliphatic rings. The van der Waals surface area contributed by atoms with E-state index in [1.165, 1.54) is 24.4 Å². The number of carbonyl (C=O) groups excluding carboxylic acids is 1. The normalized spacial score (nSPS) is 10.1. The summed E-state index contributed by atoms with van der Waals surface area (Å²) < 4.78 is 13.4. The van der Waals surface area contributed by atoms with Crippen molar-refractivity contribution < 1.29 is 9.18 Å². The van der Waals surface area contributed by atoms with Gasteiger partial charge in [-0.05, 0) is 40.2 Å². The number of pyridine rings is 1. The molecule has 0 fully saturated rings. The average molecular weight is 310 g/mol. The highest BCUT2D eigenvalue weighted by Gasteiger charge is 2.14. The maximum atomic E-state index is 13.3. The molecule has 0 radical (unpaired) electrons. The first-order chi connectivity index (χ1) is 8.59. The lowest BCUT2D eigenvalue weighted by Gasteiger charge is -2.08. The molecule has 0 unspecified atom stereocenters. The van der Waals surface area contributed by atoms with Gasteiger partial charge in [0.15, 0.2) is 5.82 Å². The van der Waals surface area contributed by atoms with Crippen LogP contribution in [0.25, 0.3) is 0 Å². The molecule has 92 valence electrons. The summed E-state index contributed by atoms with van der Waals surface area (Å²) in [6, 6.07) is 7.49. The van der Waals surface area contributed by atoms with Crippen LogP contribution in [-0.2, 0) is 0 Å². The van der Waals surface area contributed by atoms with Gasteiger partial charge in [-0.1, -0.05) is 6.07 Å². The van der Waals surface area contributed by atoms with E-state index in [0.717, 1.165) is 0 Å². The van der Waals surface area contributed by atoms with E-state index in [1.807, 2.05) is 0 Å². The van der Waals surface area contributed by atoms with Crippen molar-refractivity contribution in [3.05, 3.63) is 52.4 Å². The van der Waals surface area contributed by atoms with Crippen molar-refractivity contribution in [2.24, 2.45) is 0 Å². The summed E-state index contributed by atoms with van der Waals surface area (Å²) in [5, 5.41) is 2.52. The van der Waals surface area contributed by atoms with Crippen molar-refractivity contribution in [3.63, 3.8) is 0 Å². The Kier molecular flexibility index (Phi) is 3.57. The van der Waals surface area contributed by atoms with Gasteiger partial charge < -0.3 is 11.1 Å². The highest BCUT2D eigenvalue weighted by Crippen LogP contribution is 2.22. The lowest BCUT2D eigenvalue weighted by atomic mass is 10.2. The Morgan fingerprint density at radius 3 is 2.83 bits per heavy atom. The van der Waals surface area contributed by atoms with Crippen molar-refractivity contribution in [3.8, 4) is 0 Å². The monoisotopic (exact) mass is 309 g/mol. The van der Waals surface area contributed by atoms with E-state index in [-0.39, 0.29) is 15.9 Å². The molecule has 6 heteroatoms. The number of nitrogen functional groups attached to an aromatic ring is 1. The Labute approximate surface area is 111 Å². The Bertz CT molecular complexity index is 604. The summed E-state index contributed by atoms with van der Waals surface area (Å²) in [7, 11) is 0. The molecule has 0 spiro atoms. The van der Waals surface area contributed by atoms with E-state index in [9.17, 15) is 9.18 Å². The number of aromatic nitrogens is 1. The molecule has 0 bridgehead atoms. The molecule has 0 aliphatic heterocycles. The van der Waals surface area contributed by atoms with Gasteiger partial charge in [-0.25, -0.2) is 9.37 Å². The number of nitrogens with two attached hydrogens (primary N) is 1. The lowest BCUT2D eigenvalue weighted by molar-refractivity contribution is 0.102. The zero-order valence-electron chi connectivity index (χ0n) is 9.15. The fourth-order valence-electron chi connectivity index (χ4n) is 1.38. The van der Waals surface area contributed by atoms with E-state index in [1.54, 1.807) is 12.1 Å². The molecule has 0 saturated heterocycles. The highest BCUT2D eigenvalue weighted by atomic mass is 79.9. The molecule has 0 atom stereocenters. The smallest absolute Gasteiger partial charge is 0.258 e. The van der Waals surface area contributed by atoms with E-state index in [4.69, 9.17) is 5.73 Å². The van der Waals surface area contributed by atoms with Gasteiger partial charge in [0.25, 0.3) is 5.91 Å². The fourth-order valence-corrected chi connectivity index (χ4v) is 1.82. The predicted octanol–water partition coefficient (Wildman–Crippen LogP) is 2.82. The third-order valence-electron chi connectivity index (χ3n) is 2.27. The third kappa shape index (κ3) is 2.48. The minimum absolute atomic E-state index is 0.108. The summed E-state index contributed by atoms with van der Waals surface area (Å²) in [6.07, 6.45) is 1.51. The highest BCUT2D eigenvalue weighted by molar-refractivity contribution is 9.10. The lowest BCUT2D eigenvalue weighted by Crippen LogP contribution is -2.15. The summed E-state index contributed by atoms with van der Waals surface area (Å²) >= 11 is 3.03. The van der Waals surface area contributed by atoms with Crippen LogP contribution in [0.3, 0.4) is 0 Å². The van der Waals surface area contributed by atoms with Gasteiger partial charge >= 0.3 is 0 Å². The van der Waals surface area contributed by atoms with Crippen LogP contribution in [0, 0.1) is 5.82 Å². The van der Waals surface area contributed by atoms with Crippen molar-refractivity contribution in [2.75, 3.05) is 11.1 Å². The fraction of sp³-hybridized carbons (Fsp3) is 0. The first-order valence-corrected chi connectivity index (χ1v) is 5.84. The third-order valence-corrected chi connectivity index (χ3v) is 3.07. The molecular weight excluding hydrogens is 301 g/mol.